The van der Waals surface area contributed by atoms with E-state index in [0.717, 1.165) is 12.8 Å². The van der Waals surface area contributed by atoms with E-state index in [1.807, 2.05) is 13.0 Å². The van der Waals surface area contributed by atoms with E-state index in [4.69, 9.17) is 4.74 Å². The van der Waals surface area contributed by atoms with Gasteiger partial charge >= 0.3 is 5.97 Å². The van der Waals surface area contributed by atoms with Gasteiger partial charge in [0.2, 0.25) is 0 Å². The van der Waals surface area contributed by atoms with Crippen molar-refractivity contribution in [3.8, 4) is 0 Å². The number of hydrogen-bond acceptors (Lipinski definition) is 3. The SMILES string of the molecule is CCOC(=O)/C=C/CC(C)C1C=C[C@H]2[C@@H](CO)CCC[C@@H]12. The molecule has 0 bridgehead atoms. The summed E-state index contributed by atoms with van der Waals surface area (Å²) in [6.45, 7) is 4.82. The average molecular weight is 292 g/mol. The molecule has 2 rings (SSSR count). The molecule has 0 aliphatic heterocycles. The molecule has 0 amide bonds. The van der Waals surface area contributed by atoms with E-state index in [9.17, 15) is 9.90 Å². The maximum absolute atomic E-state index is 11.3. The molecule has 0 heterocycles. The summed E-state index contributed by atoms with van der Waals surface area (Å²) in [7, 11) is 0. The van der Waals surface area contributed by atoms with Crippen molar-refractivity contribution in [2.24, 2.45) is 29.6 Å². The van der Waals surface area contributed by atoms with E-state index in [1.54, 1.807) is 6.08 Å². The van der Waals surface area contributed by atoms with Crippen molar-refractivity contribution in [1.82, 2.24) is 0 Å². The third-order valence-electron chi connectivity index (χ3n) is 5.14. The van der Waals surface area contributed by atoms with Crippen molar-refractivity contribution in [2.45, 2.75) is 39.5 Å². The standard InChI is InChI=1S/C18H28O3/c1-3-21-18(20)9-4-6-13(2)15-10-11-16-14(12-19)7-5-8-17(15)16/h4,9-11,13-17,19H,3,5-8,12H2,1-2H3/b9-4+/t13?,14-,15?,16+,17+/m1/s1. The topological polar surface area (TPSA) is 46.5 Å². The Morgan fingerprint density at radius 1 is 1.43 bits per heavy atom. The molecule has 1 fully saturated rings. The van der Waals surface area contributed by atoms with E-state index < -0.39 is 0 Å². The van der Waals surface area contributed by atoms with Gasteiger partial charge in [0.15, 0.2) is 0 Å². The second-order valence-electron chi connectivity index (χ2n) is 6.44. The van der Waals surface area contributed by atoms with Crippen LogP contribution in [-0.2, 0) is 9.53 Å². The molecule has 2 aliphatic rings. The van der Waals surface area contributed by atoms with Crippen molar-refractivity contribution in [2.75, 3.05) is 13.2 Å². The zero-order valence-electron chi connectivity index (χ0n) is 13.2. The fourth-order valence-electron chi connectivity index (χ4n) is 4.05. The van der Waals surface area contributed by atoms with E-state index in [-0.39, 0.29) is 5.97 Å². The first-order valence-electron chi connectivity index (χ1n) is 8.29. The Bertz CT molecular complexity index is 399. The zero-order chi connectivity index (χ0) is 15.2. The smallest absolute Gasteiger partial charge is 0.330 e. The van der Waals surface area contributed by atoms with Crippen LogP contribution in [0.1, 0.15) is 39.5 Å². The summed E-state index contributed by atoms with van der Waals surface area (Å²) in [5.74, 6) is 2.55. The van der Waals surface area contributed by atoms with Gasteiger partial charge in [0.1, 0.15) is 0 Å². The summed E-state index contributed by atoms with van der Waals surface area (Å²) in [6, 6.07) is 0. The van der Waals surface area contributed by atoms with Crippen molar-refractivity contribution in [1.29, 1.82) is 0 Å². The molecule has 0 spiro atoms. The van der Waals surface area contributed by atoms with Gasteiger partial charge in [-0.15, -0.1) is 0 Å². The number of hydrogen-bond donors (Lipinski definition) is 1. The lowest BCUT2D eigenvalue weighted by Crippen LogP contribution is -2.31. The molecule has 5 atom stereocenters. The van der Waals surface area contributed by atoms with Gasteiger partial charge in [0.25, 0.3) is 0 Å². The second kappa shape index (κ2) is 7.79. The van der Waals surface area contributed by atoms with Crippen LogP contribution in [0, 0.1) is 29.6 Å². The van der Waals surface area contributed by atoms with E-state index in [1.165, 1.54) is 12.8 Å². The Hall–Kier alpha value is -1.09. The Balaban J connectivity index is 1.87. The molecule has 1 N–H and O–H groups in total. The van der Waals surface area contributed by atoms with Gasteiger partial charge < -0.3 is 9.84 Å². The van der Waals surface area contributed by atoms with Crippen LogP contribution in [0.25, 0.3) is 0 Å². The van der Waals surface area contributed by atoms with Gasteiger partial charge in [-0.1, -0.05) is 31.6 Å². The van der Waals surface area contributed by atoms with Crippen molar-refractivity contribution >= 4 is 5.97 Å². The Morgan fingerprint density at radius 3 is 2.95 bits per heavy atom. The van der Waals surface area contributed by atoms with Gasteiger partial charge in [-0.3, -0.25) is 0 Å². The molecular weight excluding hydrogens is 264 g/mol. The normalized spacial score (nSPS) is 33.1. The fourth-order valence-corrected chi connectivity index (χ4v) is 4.05. The van der Waals surface area contributed by atoms with Gasteiger partial charge in [0.05, 0.1) is 6.61 Å². The highest BCUT2D eigenvalue weighted by atomic mass is 16.5. The van der Waals surface area contributed by atoms with E-state index in [2.05, 4.69) is 19.1 Å². The Kier molecular flexibility index (Phi) is 6.04. The van der Waals surface area contributed by atoms with Crippen LogP contribution in [0.5, 0.6) is 0 Å². The minimum Gasteiger partial charge on any atom is -0.463 e. The molecule has 0 aromatic heterocycles. The van der Waals surface area contributed by atoms with Crippen LogP contribution < -0.4 is 0 Å². The first-order valence-corrected chi connectivity index (χ1v) is 8.29. The highest BCUT2D eigenvalue weighted by molar-refractivity contribution is 5.81. The Labute approximate surface area is 128 Å². The fraction of sp³-hybridized carbons (Fsp3) is 0.722. The third kappa shape index (κ3) is 3.97. The number of allylic oxidation sites excluding steroid dienone is 3. The molecule has 2 unspecified atom stereocenters. The van der Waals surface area contributed by atoms with Crippen LogP contribution in [0.2, 0.25) is 0 Å². The first kappa shape index (κ1) is 16.3. The molecule has 3 nitrogen and oxygen atoms in total. The maximum atomic E-state index is 11.3. The maximum Gasteiger partial charge on any atom is 0.330 e. The minimum absolute atomic E-state index is 0.248. The highest BCUT2D eigenvalue weighted by Gasteiger charge is 2.40. The van der Waals surface area contributed by atoms with Crippen molar-refractivity contribution in [3.05, 3.63) is 24.3 Å². The largest absolute Gasteiger partial charge is 0.463 e. The number of esters is 1. The second-order valence-corrected chi connectivity index (χ2v) is 6.44. The zero-order valence-corrected chi connectivity index (χ0v) is 13.2. The summed E-state index contributed by atoms with van der Waals surface area (Å²) in [6.07, 6.45) is 12.7. The van der Waals surface area contributed by atoms with Gasteiger partial charge in [-0.2, -0.15) is 0 Å². The summed E-state index contributed by atoms with van der Waals surface area (Å²) >= 11 is 0. The summed E-state index contributed by atoms with van der Waals surface area (Å²) in [4.78, 5) is 11.3. The number of ether oxygens (including phenoxy) is 1. The predicted molar refractivity (Wildman–Crippen MR) is 83.6 cm³/mol. The number of aliphatic hydroxyl groups excluding tert-OH is 1. The molecular formula is C18H28O3. The van der Waals surface area contributed by atoms with Crippen LogP contribution in [0.4, 0.5) is 0 Å². The van der Waals surface area contributed by atoms with Gasteiger partial charge in [-0.25, -0.2) is 4.79 Å². The lowest BCUT2D eigenvalue weighted by Gasteiger charge is -2.37. The molecule has 21 heavy (non-hydrogen) atoms. The van der Waals surface area contributed by atoms with Gasteiger partial charge in [-0.05, 0) is 55.8 Å². The quantitative estimate of drug-likeness (QED) is 0.464. The van der Waals surface area contributed by atoms with Crippen LogP contribution in [0.3, 0.4) is 0 Å². The van der Waals surface area contributed by atoms with Crippen molar-refractivity contribution in [3.63, 3.8) is 0 Å². The number of carbonyl (C=O) groups is 1. The number of fused-ring (bicyclic) bond motifs is 1. The van der Waals surface area contributed by atoms with E-state index in [0.29, 0.717) is 42.8 Å². The molecule has 2 aliphatic carbocycles. The van der Waals surface area contributed by atoms with Crippen molar-refractivity contribution < 1.29 is 14.6 Å². The molecule has 118 valence electrons. The third-order valence-corrected chi connectivity index (χ3v) is 5.14. The summed E-state index contributed by atoms with van der Waals surface area (Å²) in [5.41, 5.74) is 0. The highest BCUT2D eigenvalue weighted by Crippen LogP contribution is 2.47. The van der Waals surface area contributed by atoms with Gasteiger partial charge in [0, 0.05) is 12.7 Å². The Morgan fingerprint density at radius 2 is 2.24 bits per heavy atom. The van der Waals surface area contributed by atoms with Crippen LogP contribution in [-0.4, -0.2) is 24.3 Å². The molecule has 3 heteroatoms. The number of rotatable bonds is 6. The summed E-state index contributed by atoms with van der Waals surface area (Å²) < 4.78 is 4.90. The predicted octanol–water partition coefficient (Wildman–Crippen LogP) is 3.34. The molecule has 0 aromatic carbocycles. The number of carbonyl (C=O) groups excluding carboxylic acids is 1. The average Bonchev–Trinajstić information content (AvgIpc) is 2.91. The molecule has 0 saturated heterocycles. The first-order chi connectivity index (χ1) is 10.2. The summed E-state index contributed by atoms with van der Waals surface area (Å²) in [5, 5.41) is 9.52. The molecule has 1 saturated carbocycles. The van der Waals surface area contributed by atoms with E-state index >= 15 is 0 Å². The molecule has 0 aromatic rings. The lowest BCUT2D eigenvalue weighted by atomic mass is 9.68. The monoisotopic (exact) mass is 292 g/mol. The number of aliphatic hydroxyl groups is 1. The minimum atomic E-state index is -0.248. The lowest BCUT2D eigenvalue weighted by molar-refractivity contribution is -0.137. The molecule has 0 radical (unpaired) electrons. The van der Waals surface area contributed by atoms with Crippen LogP contribution >= 0.6 is 0 Å². The van der Waals surface area contributed by atoms with Crippen LogP contribution in [0.15, 0.2) is 24.3 Å².